The first-order valence-corrected chi connectivity index (χ1v) is 5.51. The van der Waals surface area contributed by atoms with E-state index in [2.05, 4.69) is 64.8 Å². The van der Waals surface area contributed by atoms with E-state index < -0.39 is 0 Å². The summed E-state index contributed by atoms with van der Waals surface area (Å²) in [6.45, 7) is 12.1. The molecule has 0 aliphatic carbocycles. The molecule has 0 bridgehead atoms. The maximum Gasteiger partial charge on any atom is 0.0198 e. The van der Waals surface area contributed by atoms with Crippen LogP contribution in [-0.4, -0.2) is 24.5 Å². The quantitative estimate of drug-likeness (QED) is 0.607. The molecule has 0 saturated carbocycles. The molecule has 0 atom stereocenters. The minimum atomic E-state index is 0.614. The Morgan fingerprint density at radius 3 is 2.14 bits per heavy atom. The second-order valence-electron chi connectivity index (χ2n) is 4.43. The van der Waals surface area contributed by atoms with Gasteiger partial charge in [0.25, 0.3) is 0 Å². The Bertz CT molecular complexity index is 199. The van der Waals surface area contributed by atoms with Gasteiger partial charge in [0, 0.05) is 12.6 Å². The fourth-order valence-corrected chi connectivity index (χ4v) is 1.12. The van der Waals surface area contributed by atoms with E-state index in [-0.39, 0.29) is 0 Å². The summed E-state index contributed by atoms with van der Waals surface area (Å²) >= 11 is 0. The molecule has 0 aromatic carbocycles. The SMILES string of the molecule is C/C=C\C=C(\CN(C)C(C)C)C(C)C. The van der Waals surface area contributed by atoms with Crippen molar-refractivity contribution < 1.29 is 0 Å². The third-order valence-electron chi connectivity index (χ3n) is 2.56. The van der Waals surface area contributed by atoms with Gasteiger partial charge in [0.1, 0.15) is 0 Å². The van der Waals surface area contributed by atoms with Crippen molar-refractivity contribution in [2.24, 2.45) is 5.92 Å². The number of hydrogen-bond donors (Lipinski definition) is 0. The van der Waals surface area contributed by atoms with E-state index in [4.69, 9.17) is 0 Å². The van der Waals surface area contributed by atoms with Crippen LogP contribution in [0.3, 0.4) is 0 Å². The Morgan fingerprint density at radius 1 is 1.21 bits per heavy atom. The highest BCUT2D eigenvalue weighted by atomic mass is 15.1. The summed E-state index contributed by atoms with van der Waals surface area (Å²) < 4.78 is 0. The standard InChI is InChI=1S/C13H25N/c1-7-8-9-13(11(2)3)10-14(6)12(4)5/h7-9,11-12H,10H2,1-6H3/b8-7-,13-9-. The van der Waals surface area contributed by atoms with Crippen LogP contribution in [0.2, 0.25) is 0 Å². The summed E-state index contributed by atoms with van der Waals surface area (Å²) in [6, 6.07) is 0.614. The molecule has 0 aromatic heterocycles. The van der Waals surface area contributed by atoms with Crippen LogP contribution in [0.25, 0.3) is 0 Å². The van der Waals surface area contributed by atoms with Gasteiger partial charge in [-0.3, -0.25) is 0 Å². The highest BCUT2D eigenvalue weighted by molar-refractivity contribution is 5.15. The van der Waals surface area contributed by atoms with Crippen LogP contribution >= 0.6 is 0 Å². The summed E-state index contributed by atoms with van der Waals surface area (Å²) in [7, 11) is 2.18. The monoisotopic (exact) mass is 195 g/mol. The van der Waals surface area contributed by atoms with E-state index in [0.717, 1.165) is 6.54 Å². The lowest BCUT2D eigenvalue weighted by atomic mass is 10.0. The van der Waals surface area contributed by atoms with Gasteiger partial charge in [-0.05, 0) is 33.7 Å². The van der Waals surface area contributed by atoms with Gasteiger partial charge in [-0.25, -0.2) is 0 Å². The number of rotatable bonds is 5. The van der Waals surface area contributed by atoms with Crippen LogP contribution in [0.1, 0.15) is 34.6 Å². The largest absolute Gasteiger partial charge is 0.300 e. The lowest BCUT2D eigenvalue weighted by molar-refractivity contribution is 0.289. The molecule has 1 nitrogen and oxygen atoms in total. The lowest BCUT2D eigenvalue weighted by Crippen LogP contribution is -2.29. The zero-order valence-electron chi connectivity index (χ0n) is 10.5. The maximum absolute atomic E-state index is 2.37. The van der Waals surface area contributed by atoms with E-state index in [9.17, 15) is 0 Å². The normalized spacial score (nSPS) is 13.9. The van der Waals surface area contributed by atoms with Crippen molar-refractivity contribution in [3.8, 4) is 0 Å². The molecule has 0 N–H and O–H groups in total. The molecule has 0 saturated heterocycles. The van der Waals surface area contributed by atoms with Crippen LogP contribution in [-0.2, 0) is 0 Å². The Morgan fingerprint density at radius 2 is 1.79 bits per heavy atom. The smallest absolute Gasteiger partial charge is 0.0198 e. The summed E-state index contributed by atoms with van der Waals surface area (Å²) in [5, 5.41) is 0. The molecule has 0 aromatic rings. The van der Waals surface area contributed by atoms with Gasteiger partial charge in [-0.2, -0.15) is 0 Å². The summed E-state index contributed by atoms with van der Waals surface area (Å²) in [6.07, 6.45) is 6.45. The Balaban J connectivity index is 4.38. The second kappa shape index (κ2) is 6.83. The molecule has 0 spiro atoms. The van der Waals surface area contributed by atoms with E-state index in [0.29, 0.717) is 12.0 Å². The number of nitrogens with zero attached hydrogens (tertiary/aromatic N) is 1. The first-order valence-electron chi connectivity index (χ1n) is 5.51. The van der Waals surface area contributed by atoms with E-state index >= 15 is 0 Å². The highest BCUT2D eigenvalue weighted by Gasteiger charge is 2.08. The molecule has 82 valence electrons. The fourth-order valence-electron chi connectivity index (χ4n) is 1.12. The molecule has 0 heterocycles. The van der Waals surface area contributed by atoms with E-state index in [1.807, 2.05) is 0 Å². The number of allylic oxidation sites excluding steroid dienone is 3. The third kappa shape index (κ3) is 5.23. The van der Waals surface area contributed by atoms with E-state index in [1.54, 1.807) is 0 Å². The lowest BCUT2D eigenvalue weighted by Gasteiger charge is -2.24. The van der Waals surface area contributed by atoms with Crippen molar-refractivity contribution in [2.45, 2.75) is 40.7 Å². The second-order valence-corrected chi connectivity index (χ2v) is 4.43. The summed E-state index contributed by atoms with van der Waals surface area (Å²) in [5.74, 6) is 0.632. The molecule has 0 fully saturated rings. The van der Waals surface area contributed by atoms with Gasteiger partial charge in [0.05, 0.1) is 0 Å². The van der Waals surface area contributed by atoms with Crippen molar-refractivity contribution in [3.05, 3.63) is 23.8 Å². The highest BCUT2D eigenvalue weighted by Crippen LogP contribution is 2.12. The van der Waals surface area contributed by atoms with Gasteiger partial charge in [-0.15, -0.1) is 0 Å². The van der Waals surface area contributed by atoms with Gasteiger partial charge >= 0.3 is 0 Å². The molecular weight excluding hydrogens is 170 g/mol. The predicted molar refractivity (Wildman–Crippen MR) is 65.5 cm³/mol. The molecule has 14 heavy (non-hydrogen) atoms. The van der Waals surface area contributed by atoms with Gasteiger partial charge in [0.15, 0.2) is 0 Å². The first-order chi connectivity index (χ1) is 6.49. The van der Waals surface area contributed by atoms with Crippen molar-refractivity contribution in [1.29, 1.82) is 0 Å². The zero-order valence-corrected chi connectivity index (χ0v) is 10.5. The van der Waals surface area contributed by atoms with Crippen LogP contribution in [0, 0.1) is 5.92 Å². The molecule has 0 aliphatic rings. The summed E-state index contributed by atoms with van der Waals surface area (Å²) in [5.41, 5.74) is 1.50. The molecule has 0 amide bonds. The van der Waals surface area contributed by atoms with Crippen LogP contribution in [0.15, 0.2) is 23.8 Å². The fraction of sp³-hybridized carbons (Fsp3) is 0.692. The van der Waals surface area contributed by atoms with Gasteiger partial charge in [-0.1, -0.05) is 37.6 Å². The first kappa shape index (κ1) is 13.4. The van der Waals surface area contributed by atoms with Crippen molar-refractivity contribution in [1.82, 2.24) is 4.90 Å². The summed E-state index contributed by atoms with van der Waals surface area (Å²) in [4.78, 5) is 2.37. The average molecular weight is 195 g/mol. The van der Waals surface area contributed by atoms with Crippen molar-refractivity contribution in [2.75, 3.05) is 13.6 Å². The molecule has 1 heteroatoms. The molecule has 0 unspecified atom stereocenters. The minimum absolute atomic E-state index is 0.614. The maximum atomic E-state index is 2.37. The van der Waals surface area contributed by atoms with Crippen LogP contribution in [0.5, 0.6) is 0 Å². The predicted octanol–water partition coefficient (Wildman–Crippen LogP) is 3.49. The molecule has 0 rings (SSSR count). The third-order valence-corrected chi connectivity index (χ3v) is 2.56. The topological polar surface area (TPSA) is 3.24 Å². The van der Waals surface area contributed by atoms with Crippen molar-refractivity contribution in [3.63, 3.8) is 0 Å². The van der Waals surface area contributed by atoms with E-state index in [1.165, 1.54) is 5.57 Å². The minimum Gasteiger partial charge on any atom is -0.300 e. The molecule has 0 radical (unpaired) electrons. The molecular formula is C13H25N. The number of hydrogen-bond acceptors (Lipinski definition) is 1. The average Bonchev–Trinajstić information content (AvgIpc) is 2.10. The molecule has 0 aliphatic heterocycles. The van der Waals surface area contributed by atoms with Crippen molar-refractivity contribution >= 4 is 0 Å². The Hall–Kier alpha value is -0.560. The van der Waals surface area contributed by atoms with Crippen LogP contribution in [0.4, 0.5) is 0 Å². The van der Waals surface area contributed by atoms with Gasteiger partial charge in [0.2, 0.25) is 0 Å². The Labute approximate surface area is 89.5 Å². The van der Waals surface area contributed by atoms with Crippen LogP contribution < -0.4 is 0 Å². The Kier molecular flexibility index (Phi) is 6.56. The van der Waals surface area contributed by atoms with Gasteiger partial charge < -0.3 is 4.90 Å². The zero-order chi connectivity index (χ0) is 11.1. The number of likely N-dealkylation sites (N-methyl/N-ethyl adjacent to an activating group) is 1.